The van der Waals surface area contributed by atoms with E-state index in [0.29, 0.717) is 26.2 Å². The molecule has 0 radical (unpaired) electrons. The number of carboxylic acids is 3. The summed E-state index contributed by atoms with van der Waals surface area (Å²) in [7, 11) is 1.67. The lowest BCUT2D eigenvalue weighted by atomic mass is 9.83. The summed E-state index contributed by atoms with van der Waals surface area (Å²) in [5.74, 6) is -7.48. The Labute approximate surface area is 299 Å². The van der Waals surface area contributed by atoms with Gasteiger partial charge in [-0.25, -0.2) is 14.4 Å². The minimum atomic E-state index is -5.08. The molecular weight excluding hydrogens is 755 g/mol. The first-order chi connectivity index (χ1) is 25.0. The van der Waals surface area contributed by atoms with E-state index in [4.69, 9.17) is 39.2 Å². The first kappa shape index (κ1) is 44.7. The van der Waals surface area contributed by atoms with Crippen LogP contribution in [0.5, 0.6) is 5.75 Å². The predicted octanol–water partition coefficient (Wildman–Crippen LogP) is 4.78. The maximum atomic E-state index is 13.9. The van der Waals surface area contributed by atoms with Gasteiger partial charge >= 0.3 is 36.4 Å². The second kappa shape index (κ2) is 19.0. The van der Waals surface area contributed by atoms with Crippen molar-refractivity contribution in [2.24, 2.45) is 0 Å². The van der Waals surface area contributed by atoms with E-state index in [-0.39, 0.29) is 11.8 Å². The molecule has 1 spiro atoms. The molecule has 0 bridgehead atoms. The number of pyridine rings is 2. The van der Waals surface area contributed by atoms with Gasteiger partial charge in [-0.3, -0.25) is 19.7 Å². The summed E-state index contributed by atoms with van der Waals surface area (Å²) in [5.41, 5.74) is 2.31. The van der Waals surface area contributed by atoms with Crippen molar-refractivity contribution in [2.45, 2.75) is 43.1 Å². The van der Waals surface area contributed by atoms with Gasteiger partial charge in [0.15, 0.2) is 5.60 Å². The van der Waals surface area contributed by atoms with Gasteiger partial charge in [0.2, 0.25) is 0 Å². The molecule has 2 aliphatic rings. The fourth-order valence-electron chi connectivity index (χ4n) is 4.97. The summed E-state index contributed by atoms with van der Waals surface area (Å²) in [4.78, 5) is 53.4. The molecule has 0 saturated carbocycles. The lowest BCUT2D eigenvalue weighted by Gasteiger charge is -2.42. The largest absolute Gasteiger partial charge is 0.497 e. The highest BCUT2D eigenvalue weighted by atomic mass is 19.4. The lowest BCUT2D eigenvalue weighted by molar-refractivity contribution is -0.193. The molecule has 2 atom stereocenters. The number of rotatable bonds is 6. The molecule has 3 N–H and O–H groups in total. The fraction of sp³-hybridized carbons (Fsp3) is 0.375. The lowest BCUT2D eigenvalue weighted by Crippen LogP contribution is -2.59. The molecule has 2 aliphatic heterocycles. The number of halogens is 9. The summed E-state index contributed by atoms with van der Waals surface area (Å²) in [5, 5.41) is 21.4. The topological polar surface area (TPSA) is 180 Å². The third-order valence-corrected chi connectivity index (χ3v) is 7.31. The average Bonchev–Trinajstić information content (AvgIpc) is 3.45. The first-order valence-corrected chi connectivity index (χ1v) is 15.0. The molecule has 296 valence electrons. The number of carbonyl (C=O) groups excluding carboxylic acids is 1. The molecule has 1 aromatic carbocycles. The van der Waals surface area contributed by atoms with Crippen molar-refractivity contribution in [2.75, 3.05) is 33.4 Å². The maximum absolute atomic E-state index is 13.9. The summed E-state index contributed by atoms with van der Waals surface area (Å²) in [6.45, 7) is 3.63. The van der Waals surface area contributed by atoms with Crippen LogP contribution in [0.25, 0.3) is 0 Å². The van der Waals surface area contributed by atoms with Crippen LogP contribution in [-0.2, 0) is 37.0 Å². The minimum Gasteiger partial charge on any atom is -0.497 e. The number of hydrogen-bond donors (Lipinski definition) is 3. The third-order valence-electron chi connectivity index (χ3n) is 7.31. The van der Waals surface area contributed by atoms with Crippen LogP contribution in [0.15, 0.2) is 73.3 Å². The molecule has 13 nitrogen and oxygen atoms in total. The van der Waals surface area contributed by atoms with Gasteiger partial charge < -0.3 is 29.7 Å². The van der Waals surface area contributed by atoms with Crippen LogP contribution in [0.3, 0.4) is 0 Å². The van der Waals surface area contributed by atoms with Crippen LogP contribution in [0.2, 0.25) is 0 Å². The number of nitrogens with zero attached hydrogens (tertiary/aromatic N) is 4. The highest BCUT2D eigenvalue weighted by molar-refractivity contribution is 5.88. The summed E-state index contributed by atoms with van der Waals surface area (Å²) in [6, 6.07) is 16.0. The number of amides is 1. The monoisotopic (exact) mass is 786 g/mol. The molecule has 22 heteroatoms. The Balaban J connectivity index is 0.000000393. The zero-order valence-corrected chi connectivity index (χ0v) is 27.7. The van der Waals surface area contributed by atoms with Crippen molar-refractivity contribution in [1.29, 1.82) is 0 Å². The van der Waals surface area contributed by atoms with Gasteiger partial charge in [-0.05, 0) is 41.0 Å². The van der Waals surface area contributed by atoms with E-state index in [9.17, 15) is 44.3 Å². The quantitative estimate of drug-likeness (QED) is 0.292. The number of morpholine rings is 1. The number of carbonyl (C=O) groups is 4. The molecule has 0 aliphatic carbocycles. The number of alkyl halides is 9. The second-order valence-corrected chi connectivity index (χ2v) is 11.1. The number of ether oxygens (including phenoxy) is 2. The molecule has 2 saturated heterocycles. The highest BCUT2D eigenvalue weighted by Crippen LogP contribution is 2.42. The Morgan fingerprint density at radius 2 is 1.30 bits per heavy atom. The summed E-state index contributed by atoms with van der Waals surface area (Å²) in [6.07, 6.45) is -8.06. The van der Waals surface area contributed by atoms with Crippen molar-refractivity contribution in [3.05, 3.63) is 90.0 Å². The van der Waals surface area contributed by atoms with Crippen LogP contribution in [0.1, 0.15) is 22.6 Å². The average molecular weight is 787 g/mol. The van der Waals surface area contributed by atoms with Crippen LogP contribution in [-0.4, -0.2) is 116 Å². The second-order valence-electron chi connectivity index (χ2n) is 11.1. The molecule has 1 amide bonds. The van der Waals surface area contributed by atoms with Gasteiger partial charge in [-0.15, -0.1) is 0 Å². The first-order valence-electron chi connectivity index (χ1n) is 15.0. The molecule has 2 unspecified atom stereocenters. The van der Waals surface area contributed by atoms with Crippen LogP contribution < -0.4 is 4.74 Å². The Hall–Kier alpha value is -5.51. The summed E-state index contributed by atoms with van der Waals surface area (Å²) < 4.78 is 107. The van der Waals surface area contributed by atoms with Crippen LogP contribution >= 0.6 is 0 Å². The van der Waals surface area contributed by atoms with E-state index < -0.39 is 42.0 Å². The molecule has 2 aromatic heterocycles. The van der Waals surface area contributed by atoms with Crippen molar-refractivity contribution >= 4 is 23.8 Å². The van der Waals surface area contributed by atoms with Crippen molar-refractivity contribution < 1.29 is 83.5 Å². The zero-order chi connectivity index (χ0) is 40.9. The Morgan fingerprint density at radius 3 is 1.72 bits per heavy atom. The number of hydrogen-bond acceptors (Lipinski definition) is 9. The van der Waals surface area contributed by atoms with Crippen molar-refractivity contribution in [3.8, 4) is 5.75 Å². The molecular formula is C32H31F9N4O9. The number of methoxy groups -OCH3 is 1. The van der Waals surface area contributed by atoms with Gasteiger partial charge in [-0.2, -0.15) is 39.5 Å². The van der Waals surface area contributed by atoms with E-state index in [2.05, 4.69) is 27.0 Å². The fourth-order valence-corrected chi connectivity index (χ4v) is 4.97. The zero-order valence-electron chi connectivity index (χ0n) is 27.7. The van der Waals surface area contributed by atoms with E-state index >= 15 is 0 Å². The predicted molar refractivity (Wildman–Crippen MR) is 165 cm³/mol. The van der Waals surface area contributed by atoms with Crippen molar-refractivity contribution in [1.82, 2.24) is 19.8 Å². The maximum Gasteiger partial charge on any atom is 0.490 e. The molecule has 5 rings (SSSR count). The van der Waals surface area contributed by atoms with Gasteiger partial charge in [-0.1, -0.05) is 24.3 Å². The number of aliphatic carboxylic acids is 3. The highest BCUT2D eigenvalue weighted by Gasteiger charge is 2.57. The Bertz CT molecular complexity index is 1620. The van der Waals surface area contributed by atoms with Gasteiger partial charge in [0, 0.05) is 63.4 Å². The summed E-state index contributed by atoms with van der Waals surface area (Å²) >= 11 is 0. The van der Waals surface area contributed by atoms with E-state index in [1.807, 2.05) is 53.7 Å². The Morgan fingerprint density at radius 1 is 0.796 bits per heavy atom. The van der Waals surface area contributed by atoms with Gasteiger partial charge in [0.05, 0.1) is 13.7 Å². The normalized spacial score (nSPS) is 18.6. The molecule has 4 heterocycles. The Kier molecular flexibility index (Phi) is 15.7. The minimum absolute atomic E-state index is 0.0451. The van der Waals surface area contributed by atoms with Gasteiger partial charge in [0.25, 0.3) is 5.91 Å². The van der Waals surface area contributed by atoms with Crippen LogP contribution in [0.4, 0.5) is 39.5 Å². The molecule has 3 aromatic rings. The number of likely N-dealkylation sites (tertiary alicyclic amines) is 1. The number of aromatic nitrogens is 2. The molecule has 2 fully saturated rings. The van der Waals surface area contributed by atoms with Crippen molar-refractivity contribution in [3.63, 3.8) is 0 Å². The van der Waals surface area contributed by atoms with E-state index in [0.717, 1.165) is 30.0 Å². The van der Waals surface area contributed by atoms with Crippen LogP contribution in [0, 0.1) is 0 Å². The van der Waals surface area contributed by atoms with E-state index in [1.54, 1.807) is 19.5 Å². The standard InChI is InChI=1S/C26H28N4O3.3C2HF3O2/c1-32-23-8-6-20(7-9-23)16-29-18-24(22-5-3-11-28-15-22)26(19-29)25(31)30(12-13-33-26)17-21-4-2-10-27-14-21;3*3-2(4,5)1(6)7/h2-11,14-15,24H,12-13,16-19H2,1H3;3*(H,6,7). The number of carboxylic acid groups (broad SMARTS) is 3. The molecule has 54 heavy (non-hydrogen) atoms. The SMILES string of the molecule is COc1ccc(CN2CC(c3cccnc3)C3(C2)OCCN(Cc2cccnc2)C3=O)cc1.O=C(O)C(F)(F)F.O=C(O)C(F)(F)F.O=C(O)C(F)(F)F. The van der Waals surface area contributed by atoms with E-state index in [1.165, 1.54) is 5.56 Å². The smallest absolute Gasteiger partial charge is 0.490 e. The third kappa shape index (κ3) is 13.5. The number of benzene rings is 1. The van der Waals surface area contributed by atoms with Gasteiger partial charge in [0.1, 0.15) is 5.75 Å².